The third-order valence-corrected chi connectivity index (χ3v) is 7.11. The van der Waals surface area contributed by atoms with Gasteiger partial charge in [-0.1, -0.05) is 18.2 Å². The molecule has 1 atom stereocenters. The van der Waals surface area contributed by atoms with Crippen LogP contribution < -0.4 is 9.47 Å². The molecule has 0 aliphatic carbocycles. The summed E-state index contributed by atoms with van der Waals surface area (Å²) in [5.41, 5.74) is 2.28. The van der Waals surface area contributed by atoms with E-state index in [1.807, 2.05) is 23.1 Å². The molecular formula is C22H23NO3S2. The summed E-state index contributed by atoms with van der Waals surface area (Å²) in [6.07, 6.45) is 2.01. The lowest BCUT2D eigenvalue weighted by molar-refractivity contribution is -0.133. The van der Waals surface area contributed by atoms with Gasteiger partial charge >= 0.3 is 0 Å². The smallest absolute Gasteiger partial charge is 0.223 e. The minimum absolute atomic E-state index is 0.0368. The van der Waals surface area contributed by atoms with E-state index in [2.05, 4.69) is 29.0 Å². The predicted molar refractivity (Wildman–Crippen MR) is 114 cm³/mol. The largest absolute Gasteiger partial charge is 0.493 e. The Morgan fingerprint density at radius 3 is 2.75 bits per heavy atom. The standard InChI is InChI=1S/C22H23NO3S2/c1-25-17-6-3-5-15(22(17)26-2)8-9-20(24)23-12-10-18-16(11-14-28-18)21(23)19-7-4-13-27-19/h3-7,11,13-14,21H,8-10,12H2,1-2H3/t21-/m0/s1. The van der Waals surface area contributed by atoms with Crippen LogP contribution in [-0.2, 0) is 17.6 Å². The summed E-state index contributed by atoms with van der Waals surface area (Å²) >= 11 is 3.51. The Morgan fingerprint density at radius 2 is 2.00 bits per heavy atom. The topological polar surface area (TPSA) is 38.8 Å². The quantitative estimate of drug-likeness (QED) is 0.575. The second-order valence-electron chi connectivity index (χ2n) is 6.71. The SMILES string of the molecule is COc1cccc(CCC(=O)N2CCc3sccc3[C@H]2c2cccs2)c1OC. The van der Waals surface area contributed by atoms with E-state index < -0.39 is 0 Å². The van der Waals surface area contributed by atoms with Crippen molar-refractivity contribution in [2.24, 2.45) is 0 Å². The summed E-state index contributed by atoms with van der Waals surface area (Å²) in [5.74, 6) is 1.59. The van der Waals surface area contributed by atoms with E-state index in [-0.39, 0.29) is 11.9 Å². The average molecular weight is 414 g/mol. The van der Waals surface area contributed by atoms with Gasteiger partial charge in [-0.2, -0.15) is 0 Å². The number of nitrogens with zero attached hydrogens (tertiary/aromatic N) is 1. The number of hydrogen-bond donors (Lipinski definition) is 0. The van der Waals surface area contributed by atoms with Crippen molar-refractivity contribution in [3.05, 3.63) is 68.0 Å². The fourth-order valence-electron chi connectivity index (χ4n) is 3.87. The third-order valence-electron chi connectivity index (χ3n) is 5.19. The first-order chi connectivity index (χ1) is 13.7. The van der Waals surface area contributed by atoms with E-state index in [1.54, 1.807) is 36.9 Å². The van der Waals surface area contributed by atoms with Crippen molar-refractivity contribution in [3.63, 3.8) is 0 Å². The molecule has 0 spiro atoms. The molecule has 3 heterocycles. The molecule has 1 aliphatic heterocycles. The maximum Gasteiger partial charge on any atom is 0.223 e. The number of hydrogen-bond acceptors (Lipinski definition) is 5. The molecule has 0 saturated heterocycles. The molecular weight excluding hydrogens is 390 g/mol. The van der Waals surface area contributed by atoms with E-state index >= 15 is 0 Å². The highest BCUT2D eigenvalue weighted by atomic mass is 32.1. The number of para-hydroxylation sites is 1. The van der Waals surface area contributed by atoms with Crippen LogP contribution in [0.5, 0.6) is 11.5 Å². The zero-order valence-electron chi connectivity index (χ0n) is 16.0. The van der Waals surface area contributed by atoms with E-state index in [9.17, 15) is 4.79 Å². The molecule has 4 rings (SSSR count). The van der Waals surface area contributed by atoms with Crippen molar-refractivity contribution in [1.82, 2.24) is 4.90 Å². The van der Waals surface area contributed by atoms with Crippen LogP contribution in [0.1, 0.15) is 33.3 Å². The van der Waals surface area contributed by atoms with Gasteiger partial charge in [0.2, 0.25) is 5.91 Å². The van der Waals surface area contributed by atoms with Crippen LogP contribution in [0.2, 0.25) is 0 Å². The highest BCUT2D eigenvalue weighted by Crippen LogP contribution is 2.40. The second kappa shape index (κ2) is 8.37. The fraction of sp³-hybridized carbons (Fsp3) is 0.318. The number of carbonyl (C=O) groups excluding carboxylic acids is 1. The summed E-state index contributed by atoms with van der Waals surface area (Å²) in [6, 6.07) is 12.2. The van der Waals surface area contributed by atoms with Crippen LogP contribution in [0.25, 0.3) is 0 Å². The zero-order valence-corrected chi connectivity index (χ0v) is 17.6. The monoisotopic (exact) mass is 413 g/mol. The highest BCUT2D eigenvalue weighted by Gasteiger charge is 2.33. The number of ether oxygens (including phenoxy) is 2. The number of carbonyl (C=O) groups is 1. The van der Waals surface area contributed by atoms with E-state index in [0.717, 1.165) is 18.5 Å². The first kappa shape index (κ1) is 19.0. The molecule has 1 aliphatic rings. The Hall–Kier alpha value is -2.31. The molecule has 0 radical (unpaired) electrons. The van der Waals surface area contributed by atoms with Gasteiger partial charge in [-0.3, -0.25) is 4.79 Å². The molecule has 146 valence electrons. The van der Waals surface area contributed by atoms with Crippen LogP contribution in [-0.4, -0.2) is 31.6 Å². The van der Waals surface area contributed by atoms with Crippen molar-refractivity contribution in [2.75, 3.05) is 20.8 Å². The van der Waals surface area contributed by atoms with Gasteiger partial charge in [-0.25, -0.2) is 0 Å². The molecule has 1 aromatic carbocycles. The first-order valence-electron chi connectivity index (χ1n) is 9.32. The summed E-state index contributed by atoms with van der Waals surface area (Å²) in [7, 11) is 3.27. The number of fused-ring (bicyclic) bond motifs is 1. The average Bonchev–Trinajstić information content (AvgIpc) is 3.42. The Kier molecular flexibility index (Phi) is 5.69. The second-order valence-corrected chi connectivity index (χ2v) is 8.69. The van der Waals surface area contributed by atoms with Gasteiger partial charge in [-0.15, -0.1) is 22.7 Å². The number of aryl methyl sites for hydroxylation is 1. The summed E-state index contributed by atoms with van der Waals surface area (Å²) in [6.45, 7) is 0.768. The highest BCUT2D eigenvalue weighted by molar-refractivity contribution is 7.10. The molecule has 2 aromatic heterocycles. The van der Waals surface area contributed by atoms with Gasteiger partial charge in [0.15, 0.2) is 11.5 Å². The van der Waals surface area contributed by atoms with Crippen LogP contribution in [0, 0.1) is 0 Å². The maximum absolute atomic E-state index is 13.2. The zero-order chi connectivity index (χ0) is 19.5. The van der Waals surface area contributed by atoms with E-state index in [0.29, 0.717) is 24.3 Å². The molecule has 1 amide bonds. The van der Waals surface area contributed by atoms with Crippen molar-refractivity contribution in [1.29, 1.82) is 0 Å². The summed E-state index contributed by atoms with van der Waals surface area (Å²) < 4.78 is 10.9. The molecule has 3 aromatic rings. The number of methoxy groups -OCH3 is 2. The fourth-order valence-corrected chi connectivity index (χ4v) is 5.63. The minimum Gasteiger partial charge on any atom is -0.493 e. The van der Waals surface area contributed by atoms with Gasteiger partial charge in [0.25, 0.3) is 0 Å². The number of rotatable bonds is 6. The number of amides is 1. The molecule has 4 nitrogen and oxygen atoms in total. The lowest BCUT2D eigenvalue weighted by Crippen LogP contribution is -2.39. The van der Waals surface area contributed by atoms with Crippen molar-refractivity contribution < 1.29 is 14.3 Å². The van der Waals surface area contributed by atoms with Crippen LogP contribution >= 0.6 is 22.7 Å². The molecule has 28 heavy (non-hydrogen) atoms. The molecule has 0 fully saturated rings. The van der Waals surface area contributed by atoms with Crippen LogP contribution in [0.3, 0.4) is 0 Å². The predicted octanol–water partition coefficient (Wildman–Crippen LogP) is 4.93. The van der Waals surface area contributed by atoms with Crippen molar-refractivity contribution >= 4 is 28.6 Å². The minimum atomic E-state index is 0.0368. The van der Waals surface area contributed by atoms with Gasteiger partial charge in [0, 0.05) is 22.7 Å². The van der Waals surface area contributed by atoms with Crippen molar-refractivity contribution in [2.45, 2.75) is 25.3 Å². The lowest BCUT2D eigenvalue weighted by atomic mass is 9.97. The molecule has 0 unspecified atom stereocenters. The Morgan fingerprint density at radius 1 is 1.11 bits per heavy atom. The van der Waals surface area contributed by atoms with E-state index in [1.165, 1.54) is 15.3 Å². The van der Waals surface area contributed by atoms with Gasteiger partial charge < -0.3 is 14.4 Å². The summed E-state index contributed by atoms with van der Waals surface area (Å²) in [5, 5.41) is 4.22. The maximum atomic E-state index is 13.2. The van der Waals surface area contributed by atoms with E-state index in [4.69, 9.17) is 9.47 Å². The first-order valence-corrected chi connectivity index (χ1v) is 11.1. The Balaban J connectivity index is 1.55. The molecule has 0 saturated carbocycles. The molecule has 0 bridgehead atoms. The summed E-state index contributed by atoms with van der Waals surface area (Å²) in [4.78, 5) is 17.9. The van der Waals surface area contributed by atoms with Crippen molar-refractivity contribution in [3.8, 4) is 11.5 Å². The number of benzene rings is 1. The normalized spacial score (nSPS) is 15.9. The Labute approximate surface area is 173 Å². The third kappa shape index (κ3) is 3.54. The van der Waals surface area contributed by atoms with Crippen LogP contribution in [0.4, 0.5) is 0 Å². The van der Waals surface area contributed by atoms with Gasteiger partial charge in [0.1, 0.15) is 0 Å². The number of thiophene rings is 2. The Bertz CT molecular complexity index is 949. The van der Waals surface area contributed by atoms with Gasteiger partial charge in [0.05, 0.1) is 20.3 Å². The molecule has 6 heteroatoms. The van der Waals surface area contributed by atoms with Crippen LogP contribution in [0.15, 0.2) is 47.2 Å². The molecule has 0 N–H and O–H groups in total. The van der Waals surface area contributed by atoms with Gasteiger partial charge in [-0.05, 0) is 52.9 Å². The lowest BCUT2D eigenvalue weighted by Gasteiger charge is -2.35.